The molecule has 0 amide bonds. The quantitative estimate of drug-likeness (QED) is 0.665. The molecule has 0 spiro atoms. The van der Waals surface area contributed by atoms with Crippen LogP contribution in [0.1, 0.15) is 6.23 Å². The lowest BCUT2D eigenvalue weighted by Crippen LogP contribution is -2.37. The van der Waals surface area contributed by atoms with E-state index in [0.29, 0.717) is 0 Å². The van der Waals surface area contributed by atoms with Gasteiger partial charge in [-0.2, -0.15) is 0 Å². The molecular weight excluding hydrogens is 228 g/mol. The van der Waals surface area contributed by atoms with Gasteiger partial charge in [0.15, 0.2) is 0 Å². The van der Waals surface area contributed by atoms with Crippen molar-refractivity contribution < 1.29 is 14.6 Å². The molecule has 0 radical (unpaired) electrons. The van der Waals surface area contributed by atoms with Gasteiger partial charge in [0, 0.05) is 26.5 Å². The SMILES string of the molecule is COC[C@H](CO)[C@@H](OC)n1ccc(=O)[nH]c1=O. The lowest BCUT2D eigenvalue weighted by molar-refractivity contribution is -0.0546. The molecule has 1 heterocycles. The van der Waals surface area contributed by atoms with Crippen molar-refractivity contribution in [2.75, 3.05) is 27.4 Å². The normalized spacial score (nSPS) is 14.5. The van der Waals surface area contributed by atoms with Gasteiger partial charge in [-0.15, -0.1) is 0 Å². The van der Waals surface area contributed by atoms with E-state index in [2.05, 4.69) is 4.98 Å². The third kappa shape index (κ3) is 3.26. The minimum atomic E-state index is -0.690. The summed E-state index contributed by atoms with van der Waals surface area (Å²) >= 11 is 0. The Labute approximate surface area is 97.6 Å². The summed E-state index contributed by atoms with van der Waals surface area (Å²) in [7, 11) is 2.91. The van der Waals surface area contributed by atoms with Gasteiger partial charge in [0.1, 0.15) is 6.23 Å². The molecular formula is C10H16N2O5. The number of nitrogens with one attached hydrogen (secondary N) is 1. The van der Waals surface area contributed by atoms with Crippen LogP contribution in [0.25, 0.3) is 0 Å². The van der Waals surface area contributed by atoms with E-state index in [-0.39, 0.29) is 13.2 Å². The summed E-state index contributed by atoms with van der Waals surface area (Å²) < 4.78 is 11.3. The van der Waals surface area contributed by atoms with Gasteiger partial charge in [-0.1, -0.05) is 0 Å². The molecule has 0 bridgehead atoms. The van der Waals surface area contributed by atoms with Crippen LogP contribution in [-0.2, 0) is 9.47 Å². The predicted octanol–water partition coefficient (Wildman–Crippen LogP) is -1.06. The molecule has 7 nitrogen and oxygen atoms in total. The maximum atomic E-state index is 11.6. The van der Waals surface area contributed by atoms with Crippen molar-refractivity contribution >= 4 is 0 Å². The largest absolute Gasteiger partial charge is 0.396 e. The summed E-state index contributed by atoms with van der Waals surface area (Å²) in [6.45, 7) is 0.0402. The number of aliphatic hydroxyl groups excluding tert-OH is 1. The number of aromatic amines is 1. The van der Waals surface area contributed by atoms with Crippen molar-refractivity contribution in [3.63, 3.8) is 0 Å². The Morgan fingerprint density at radius 1 is 1.47 bits per heavy atom. The van der Waals surface area contributed by atoms with Crippen molar-refractivity contribution in [2.45, 2.75) is 6.23 Å². The van der Waals surface area contributed by atoms with E-state index in [1.165, 1.54) is 31.0 Å². The number of nitrogens with zero attached hydrogens (tertiary/aromatic N) is 1. The van der Waals surface area contributed by atoms with Crippen molar-refractivity contribution in [1.82, 2.24) is 9.55 Å². The number of hydrogen-bond donors (Lipinski definition) is 2. The van der Waals surface area contributed by atoms with Crippen molar-refractivity contribution in [3.05, 3.63) is 33.1 Å². The Bertz CT molecular complexity index is 452. The second-order valence-electron chi connectivity index (χ2n) is 3.54. The van der Waals surface area contributed by atoms with Gasteiger partial charge >= 0.3 is 5.69 Å². The Hall–Kier alpha value is -1.44. The first-order valence-electron chi connectivity index (χ1n) is 5.08. The van der Waals surface area contributed by atoms with E-state index in [1.54, 1.807) is 0 Å². The molecule has 0 unspecified atom stereocenters. The number of rotatable bonds is 6. The molecule has 0 aliphatic carbocycles. The molecule has 1 aromatic rings. The zero-order valence-corrected chi connectivity index (χ0v) is 9.75. The fourth-order valence-electron chi connectivity index (χ4n) is 1.60. The molecule has 2 atom stereocenters. The number of ether oxygens (including phenoxy) is 2. The van der Waals surface area contributed by atoms with E-state index in [1.807, 2.05) is 0 Å². The fourth-order valence-corrected chi connectivity index (χ4v) is 1.60. The summed E-state index contributed by atoms with van der Waals surface area (Å²) in [4.78, 5) is 24.6. The van der Waals surface area contributed by atoms with Crippen LogP contribution < -0.4 is 11.2 Å². The first-order chi connectivity index (χ1) is 8.13. The molecule has 0 fully saturated rings. The fraction of sp³-hybridized carbons (Fsp3) is 0.600. The summed E-state index contributed by atoms with van der Waals surface area (Å²) in [5.41, 5.74) is -1.06. The molecule has 7 heteroatoms. The average molecular weight is 244 g/mol. The second kappa shape index (κ2) is 6.33. The molecule has 0 aromatic carbocycles. The van der Waals surface area contributed by atoms with E-state index in [4.69, 9.17) is 9.47 Å². The number of hydrogen-bond acceptors (Lipinski definition) is 5. The third-order valence-electron chi connectivity index (χ3n) is 2.39. The van der Waals surface area contributed by atoms with Gasteiger partial charge in [-0.05, 0) is 0 Å². The highest BCUT2D eigenvalue weighted by Crippen LogP contribution is 2.16. The van der Waals surface area contributed by atoms with Crippen LogP contribution in [0.3, 0.4) is 0 Å². The van der Waals surface area contributed by atoms with Gasteiger partial charge in [0.05, 0.1) is 19.1 Å². The van der Waals surface area contributed by atoms with Crippen LogP contribution in [0.5, 0.6) is 0 Å². The van der Waals surface area contributed by atoms with Gasteiger partial charge in [0.2, 0.25) is 0 Å². The zero-order valence-electron chi connectivity index (χ0n) is 9.75. The lowest BCUT2D eigenvalue weighted by Gasteiger charge is -2.25. The molecule has 1 rings (SSSR count). The van der Waals surface area contributed by atoms with Gasteiger partial charge in [-0.3, -0.25) is 14.3 Å². The summed E-state index contributed by atoms with van der Waals surface area (Å²) in [6.07, 6.45) is 0.637. The minimum absolute atomic E-state index is 0.197. The van der Waals surface area contributed by atoms with Crippen molar-refractivity contribution in [2.24, 2.45) is 5.92 Å². The molecule has 2 N–H and O–H groups in total. The van der Waals surface area contributed by atoms with E-state index >= 15 is 0 Å². The van der Waals surface area contributed by atoms with Crippen LogP contribution in [0, 0.1) is 5.92 Å². The second-order valence-corrected chi connectivity index (χ2v) is 3.54. The molecule has 0 saturated carbocycles. The maximum Gasteiger partial charge on any atom is 0.330 e. The Balaban J connectivity index is 3.07. The first kappa shape index (κ1) is 13.6. The van der Waals surface area contributed by atoms with Crippen LogP contribution in [0.4, 0.5) is 0 Å². The van der Waals surface area contributed by atoms with Crippen LogP contribution in [0.15, 0.2) is 21.9 Å². The number of H-pyrrole nitrogens is 1. The van der Waals surface area contributed by atoms with Crippen molar-refractivity contribution in [1.29, 1.82) is 0 Å². The maximum absolute atomic E-state index is 11.6. The standard InChI is InChI=1S/C10H16N2O5/c1-16-6-7(5-13)9(17-2)12-4-3-8(14)11-10(12)15/h3-4,7,9,13H,5-6H2,1-2H3,(H,11,14,15)/t7-,9+/m0/s1. The summed E-state index contributed by atoms with van der Waals surface area (Å²) in [5.74, 6) is -0.395. The van der Waals surface area contributed by atoms with Crippen molar-refractivity contribution in [3.8, 4) is 0 Å². The van der Waals surface area contributed by atoms with Gasteiger partial charge in [-0.25, -0.2) is 4.79 Å². The highest BCUT2D eigenvalue weighted by molar-refractivity contribution is 4.85. The third-order valence-corrected chi connectivity index (χ3v) is 2.39. The topological polar surface area (TPSA) is 93.5 Å². The number of aromatic nitrogens is 2. The highest BCUT2D eigenvalue weighted by Gasteiger charge is 2.23. The Morgan fingerprint density at radius 2 is 2.18 bits per heavy atom. The number of methoxy groups -OCH3 is 2. The molecule has 0 aliphatic heterocycles. The van der Waals surface area contributed by atoms with Crippen LogP contribution in [-0.4, -0.2) is 42.1 Å². The van der Waals surface area contributed by atoms with Crippen LogP contribution in [0.2, 0.25) is 0 Å². The van der Waals surface area contributed by atoms with Gasteiger partial charge in [0.25, 0.3) is 5.56 Å². The highest BCUT2D eigenvalue weighted by atomic mass is 16.5. The minimum Gasteiger partial charge on any atom is -0.396 e. The first-order valence-corrected chi connectivity index (χ1v) is 5.08. The number of aliphatic hydroxyl groups is 1. The zero-order chi connectivity index (χ0) is 12.8. The Kier molecular flexibility index (Phi) is 5.08. The molecule has 96 valence electrons. The summed E-state index contributed by atoms with van der Waals surface area (Å²) in [5, 5.41) is 9.22. The Morgan fingerprint density at radius 3 is 2.65 bits per heavy atom. The van der Waals surface area contributed by atoms with E-state index in [9.17, 15) is 14.7 Å². The van der Waals surface area contributed by atoms with E-state index in [0.717, 1.165) is 0 Å². The van der Waals surface area contributed by atoms with Gasteiger partial charge < -0.3 is 14.6 Å². The molecule has 0 saturated heterocycles. The van der Waals surface area contributed by atoms with Crippen LogP contribution >= 0.6 is 0 Å². The average Bonchev–Trinajstić information content (AvgIpc) is 2.31. The smallest absolute Gasteiger partial charge is 0.330 e. The lowest BCUT2D eigenvalue weighted by atomic mass is 10.1. The predicted molar refractivity (Wildman–Crippen MR) is 59.8 cm³/mol. The molecule has 17 heavy (non-hydrogen) atoms. The summed E-state index contributed by atoms with van der Waals surface area (Å²) in [6, 6.07) is 1.22. The van der Waals surface area contributed by atoms with E-state index < -0.39 is 23.4 Å². The molecule has 0 aliphatic rings. The monoisotopic (exact) mass is 244 g/mol. The molecule has 1 aromatic heterocycles.